The van der Waals surface area contributed by atoms with Crippen molar-refractivity contribution < 1.29 is 4.74 Å². The van der Waals surface area contributed by atoms with E-state index in [1.165, 1.54) is 5.56 Å². The van der Waals surface area contributed by atoms with Gasteiger partial charge in [-0.05, 0) is 49.6 Å². The Labute approximate surface area is 132 Å². The maximum absolute atomic E-state index is 5.88. The van der Waals surface area contributed by atoms with Gasteiger partial charge in [-0.3, -0.25) is 0 Å². The second-order valence-corrected chi connectivity index (χ2v) is 5.60. The van der Waals surface area contributed by atoms with E-state index in [2.05, 4.69) is 37.4 Å². The van der Waals surface area contributed by atoms with Gasteiger partial charge in [0.2, 0.25) is 0 Å². The molecule has 0 amide bonds. The largest absolute Gasteiger partial charge is 0.491 e. The lowest BCUT2D eigenvalue weighted by Gasteiger charge is -2.14. The molecule has 0 aromatic heterocycles. The number of hydrogen-bond acceptors (Lipinski definition) is 2. The number of halogens is 1. The van der Waals surface area contributed by atoms with Crippen LogP contribution >= 0.6 is 11.6 Å². The summed E-state index contributed by atoms with van der Waals surface area (Å²) >= 11 is 5.88. The molecule has 0 aliphatic heterocycles. The van der Waals surface area contributed by atoms with E-state index in [4.69, 9.17) is 16.3 Å². The van der Waals surface area contributed by atoms with Crippen molar-refractivity contribution in [2.24, 2.45) is 0 Å². The first kappa shape index (κ1) is 15.7. The topological polar surface area (TPSA) is 21.3 Å². The molecular weight excluding hydrogens is 282 g/mol. The molecule has 2 nitrogen and oxygen atoms in total. The van der Waals surface area contributed by atoms with Crippen molar-refractivity contribution in [2.75, 3.05) is 11.9 Å². The average Bonchev–Trinajstić information content (AvgIpc) is 2.49. The fraction of sp³-hybridized carbons (Fsp3) is 0.333. The minimum absolute atomic E-state index is 0.245. The molecule has 0 fully saturated rings. The molecule has 0 spiro atoms. The lowest BCUT2D eigenvalue weighted by Crippen LogP contribution is -2.10. The average molecular weight is 304 g/mol. The molecule has 0 radical (unpaired) electrons. The van der Waals surface area contributed by atoms with Crippen molar-refractivity contribution >= 4 is 17.3 Å². The van der Waals surface area contributed by atoms with E-state index in [1.54, 1.807) is 0 Å². The van der Waals surface area contributed by atoms with Gasteiger partial charge >= 0.3 is 0 Å². The third kappa shape index (κ3) is 5.31. The van der Waals surface area contributed by atoms with Crippen LogP contribution in [0.5, 0.6) is 5.75 Å². The molecule has 0 bridgehead atoms. The maximum Gasteiger partial charge on any atom is 0.121 e. The molecule has 0 aliphatic rings. The number of benzene rings is 2. The van der Waals surface area contributed by atoms with E-state index in [1.807, 2.05) is 30.3 Å². The van der Waals surface area contributed by atoms with Gasteiger partial charge in [-0.1, -0.05) is 36.7 Å². The van der Waals surface area contributed by atoms with E-state index in [-0.39, 0.29) is 6.10 Å². The number of nitrogens with one attached hydrogen (secondary N) is 1. The summed E-state index contributed by atoms with van der Waals surface area (Å²) in [5.41, 5.74) is 2.36. The summed E-state index contributed by atoms with van der Waals surface area (Å²) in [5.74, 6) is 0.917. The molecule has 1 N–H and O–H groups in total. The van der Waals surface area contributed by atoms with Crippen LogP contribution in [0.3, 0.4) is 0 Å². The van der Waals surface area contributed by atoms with E-state index >= 15 is 0 Å². The van der Waals surface area contributed by atoms with E-state index in [0.717, 1.165) is 35.8 Å². The fourth-order valence-electron chi connectivity index (χ4n) is 2.00. The van der Waals surface area contributed by atoms with Crippen LogP contribution in [-0.4, -0.2) is 12.6 Å². The monoisotopic (exact) mass is 303 g/mol. The van der Waals surface area contributed by atoms with Crippen molar-refractivity contribution in [3.63, 3.8) is 0 Å². The number of rotatable bonds is 7. The summed E-state index contributed by atoms with van der Waals surface area (Å²) < 4.78 is 5.83. The highest BCUT2D eigenvalue weighted by atomic mass is 35.5. The van der Waals surface area contributed by atoms with E-state index < -0.39 is 0 Å². The van der Waals surface area contributed by atoms with Gasteiger partial charge in [0, 0.05) is 23.3 Å². The van der Waals surface area contributed by atoms with Crippen molar-refractivity contribution in [3.8, 4) is 5.75 Å². The van der Waals surface area contributed by atoms with Crippen LogP contribution in [0.15, 0.2) is 48.5 Å². The van der Waals surface area contributed by atoms with Crippen molar-refractivity contribution in [1.29, 1.82) is 0 Å². The minimum atomic E-state index is 0.245. The summed E-state index contributed by atoms with van der Waals surface area (Å²) in [6.07, 6.45) is 2.22. The Kier molecular flexibility index (Phi) is 5.94. The van der Waals surface area contributed by atoms with Gasteiger partial charge in [0.15, 0.2) is 0 Å². The first-order chi connectivity index (χ1) is 10.2. The zero-order chi connectivity index (χ0) is 15.1. The summed E-state index contributed by atoms with van der Waals surface area (Å²) in [5, 5.41) is 4.21. The highest BCUT2D eigenvalue weighted by molar-refractivity contribution is 6.30. The third-order valence-corrected chi connectivity index (χ3v) is 3.65. The van der Waals surface area contributed by atoms with Gasteiger partial charge in [0.05, 0.1) is 6.10 Å². The summed E-state index contributed by atoms with van der Waals surface area (Å²) in [6, 6.07) is 16.1. The van der Waals surface area contributed by atoms with Crippen molar-refractivity contribution in [2.45, 2.75) is 32.8 Å². The molecule has 112 valence electrons. The van der Waals surface area contributed by atoms with Gasteiger partial charge in [-0.25, -0.2) is 0 Å². The Morgan fingerprint density at radius 2 is 1.90 bits per heavy atom. The number of ether oxygens (including phenoxy) is 1. The highest BCUT2D eigenvalue weighted by Gasteiger charge is 2.02. The van der Waals surface area contributed by atoms with E-state index in [9.17, 15) is 0 Å². The quantitative estimate of drug-likeness (QED) is 0.761. The molecule has 0 saturated heterocycles. The van der Waals surface area contributed by atoms with Crippen LogP contribution in [0, 0.1) is 0 Å². The predicted octanol–water partition coefficient (Wildman–Crippen LogP) is 5.17. The SMILES string of the molecule is CCC(C)Oc1cccc(NCCc2ccc(Cl)cc2)c1. The van der Waals surface area contributed by atoms with Gasteiger partial charge in [-0.15, -0.1) is 0 Å². The Hall–Kier alpha value is -1.67. The minimum Gasteiger partial charge on any atom is -0.491 e. The predicted molar refractivity (Wildman–Crippen MR) is 90.5 cm³/mol. The molecule has 0 heterocycles. The van der Waals surface area contributed by atoms with Crippen molar-refractivity contribution in [3.05, 3.63) is 59.1 Å². The standard InChI is InChI=1S/C18H22ClNO/c1-3-14(2)21-18-6-4-5-17(13-18)20-12-11-15-7-9-16(19)10-8-15/h4-10,13-14,20H,3,11-12H2,1-2H3. The summed E-state index contributed by atoms with van der Waals surface area (Å²) in [6.45, 7) is 5.09. The normalized spacial score (nSPS) is 12.0. The molecule has 0 saturated carbocycles. The van der Waals surface area contributed by atoms with Crippen LogP contribution in [-0.2, 0) is 6.42 Å². The van der Waals surface area contributed by atoms with Gasteiger partial charge in [0.25, 0.3) is 0 Å². The van der Waals surface area contributed by atoms with Gasteiger partial charge in [0.1, 0.15) is 5.75 Å². The molecule has 2 aromatic carbocycles. The molecule has 2 rings (SSSR count). The van der Waals surface area contributed by atoms with Crippen LogP contribution in [0.2, 0.25) is 5.02 Å². The zero-order valence-electron chi connectivity index (χ0n) is 12.6. The number of hydrogen-bond donors (Lipinski definition) is 1. The number of anilines is 1. The van der Waals surface area contributed by atoms with Crippen LogP contribution in [0.25, 0.3) is 0 Å². The van der Waals surface area contributed by atoms with Gasteiger partial charge in [-0.2, -0.15) is 0 Å². The van der Waals surface area contributed by atoms with Crippen molar-refractivity contribution in [1.82, 2.24) is 0 Å². The van der Waals surface area contributed by atoms with Crippen LogP contribution in [0.1, 0.15) is 25.8 Å². The Bertz CT molecular complexity index is 553. The summed E-state index contributed by atoms with van der Waals surface area (Å²) in [7, 11) is 0. The highest BCUT2D eigenvalue weighted by Crippen LogP contribution is 2.19. The van der Waals surface area contributed by atoms with E-state index in [0.29, 0.717) is 0 Å². The zero-order valence-corrected chi connectivity index (χ0v) is 13.4. The lowest BCUT2D eigenvalue weighted by atomic mass is 10.1. The third-order valence-electron chi connectivity index (χ3n) is 3.40. The molecule has 1 atom stereocenters. The molecule has 1 unspecified atom stereocenters. The first-order valence-corrected chi connectivity index (χ1v) is 7.80. The lowest BCUT2D eigenvalue weighted by molar-refractivity contribution is 0.217. The second kappa shape index (κ2) is 7.94. The molecule has 0 aliphatic carbocycles. The van der Waals surface area contributed by atoms with Crippen LogP contribution < -0.4 is 10.1 Å². The Morgan fingerprint density at radius 1 is 1.14 bits per heavy atom. The fourth-order valence-corrected chi connectivity index (χ4v) is 2.12. The first-order valence-electron chi connectivity index (χ1n) is 7.42. The summed E-state index contributed by atoms with van der Waals surface area (Å²) in [4.78, 5) is 0. The van der Waals surface area contributed by atoms with Gasteiger partial charge < -0.3 is 10.1 Å². The molecular formula is C18H22ClNO. The molecule has 3 heteroatoms. The Morgan fingerprint density at radius 3 is 2.62 bits per heavy atom. The smallest absolute Gasteiger partial charge is 0.121 e. The second-order valence-electron chi connectivity index (χ2n) is 5.17. The molecule has 21 heavy (non-hydrogen) atoms. The Balaban J connectivity index is 1.85. The van der Waals surface area contributed by atoms with Crippen LogP contribution in [0.4, 0.5) is 5.69 Å². The molecule has 2 aromatic rings. The maximum atomic E-state index is 5.88.